The van der Waals surface area contributed by atoms with Crippen molar-refractivity contribution in [1.82, 2.24) is 15.2 Å². The van der Waals surface area contributed by atoms with Crippen molar-refractivity contribution < 1.29 is 9.53 Å². The van der Waals surface area contributed by atoms with E-state index in [0.717, 1.165) is 10.7 Å². The Balaban J connectivity index is 2.27. The Morgan fingerprint density at radius 1 is 1.41 bits per heavy atom. The van der Waals surface area contributed by atoms with E-state index in [9.17, 15) is 4.79 Å². The van der Waals surface area contributed by atoms with Gasteiger partial charge >= 0.3 is 5.97 Å². The molecule has 2 heterocycles. The topological polar surface area (TPSA) is 65.0 Å². The fourth-order valence-electron chi connectivity index (χ4n) is 1.15. The molecule has 0 fully saturated rings. The predicted molar refractivity (Wildman–Crippen MR) is 66.4 cm³/mol. The second-order valence-electron chi connectivity index (χ2n) is 3.63. The van der Waals surface area contributed by atoms with Crippen molar-refractivity contribution in [2.75, 3.05) is 7.11 Å². The molecule has 2 rings (SSSR count). The Labute approximate surface area is 106 Å². The molecule has 2 aromatic rings. The molecule has 5 nitrogen and oxygen atoms in total. The van der Waals surface area contributed by atoms with Crippen molar-refractivity contribution in [2.45, 2.75) is 19.8 Å². The summed E-state index contributed by atoms with van der Waals surface area (Å²) in [5, 5.41) is 11.6. The van der Waals surface area contributed by atoms with Crippen LogP contribution in [-0.2, 0) is 4.74 Å². The molecule has 0 aliphatic heterocycles. The lowest BCUT2D eigenvalue weighted by atomic mass is 10.2. The van der Waals surface area contributed by atoms with Gasteiger partial charge in [-0.25, -0.2) is 9.78 Å². The summed E-state index contributed by atoms with van der Waals surface area (Å²) in [5.74, 6) is -0.0742. The third-order valence-corrected chi connectivity index (χ3v) is 4.09. The first kappa shape index (κ1) is 12.1. The third-order valence-electron chi connectivity index (χ3n) is 2.02. The molecular weight excluding hydrogens is 258 g/mol. The Bertz CT molecular complexity index is 533. The van der Waals surface area contributed by atoms with E-state index in [-0.39, 0.29) is 5.01 Å². The van der Waals surface area contributed by atoms with E-state index in [1.54, 1.807) is 11.3 Å². The van der Waals surface area contributed by atoms with E-state index in [0.29, 0.717) is 10.9 Å². The molecule has 0 saturated heterocycles. The summed E-state index contributed by atoms with van der Waals surface area (Å²) < 4.78 is 4.58. The van der Waals surface area contributed by atoms with Crippen LogP contribution in [-0.4, -0.2) is 28.3 Å². The summed E-state index contributed by atoms with van der Waals surface area (Å²) in [5.41, 5.74) is 0.770. The maximum atomic E-state index is 11.2. The lowest BCUT2D eigenvalue weighted by molar-refractivity contribution is 0.0599. The van der Waals surface area contributed by atoms with Gasteiger partial charge in [-0.05, 0) is 0 Å². The number of nitrogens with zero attached hydrogens (tertiary/aromatic N) is 3. The van der Waals surface area contributed by atoms with Gasteiger partial charge in [-0.15, -0.1) is 21.5 Å². The second-order valence-corrected chi connectivity index (χ2v) is 5.50. The van der Waals surface area contributed by atoms with Crippen LogP contribution in [0.2, 0.25) is 0 Å². The number of carbonyl (C=O) groups is 1. The highest BCUT2D eigenvalue weighted by atomic mass is 32.1. The van der Waals surface area contributed by atoms with Gasteiger partial charge in [0.15, 0.2) is 5.01 Å². The van der Waals surface area contributed by atoms with E-state index in [1.165, 1.54) is 18.4 Å². The average Bonchev–Trinajstić information content (AvgIpc) is 2.95. The monoisotopic (exact) mass is 269 g/mol. The van der Waals surface area contributed by atoms with E-state index in [4.69, 9.17) is 0 Å². The maximum Gasteiger partial charge on any atom is 0.369 e. The molecule has 0 saturated carbocycles. The number of thiazole rings is 1. The molecule has 0 radical (unpaired) electrons. The molecule has 2 aromatic heterocycles. The molecule has 0 N–H and O–H groups in total. The number of methoxy groups -OCH3 is 1. The first-order valence-electron chi connectivity index (χ1n) is 4.99. The van der Waals surface area contributed by atoms with E-state index < -0.39 is 5.97 Å². The van der Waals surface area contributed by atoms with E-state index in [1.807, 2.05) is 5.38 Å². The summed E-state index contributed by atoms with van der Waals surface area (Å²) in [7, 11) is 1.32. The van der Waals surface area contributed by atoms with Crippen LogP contribution in [0.25, 0.3) is 10.7 Å². The molecule has 0 unspecified atom stereocenters. The standard InChI is InChI=1S/C10H11N3O2S2/c1-5(2)7-11-6(4-16-7)8-12-13-9(17-8)10(14)15-3/h4-5H,1-3H3. The van der Waals surface area contributed by atoms with Crippen molar-refractivity contribution >= 4 is 28.6 Å². The Morgan fingerprint density at radius 3 is 2.76 bits per heavy atom. The fourth-order valence-corrected chi connectivity index (χ4v) is 2.76. The van der Waals surface area contributed by atoms with Crippen LogP contribution in [0.5, 0.6) is 0 Å². The minimum absolute atomic E-state index is 0.251. The van der Waals surface area contributed by atoms with Crippen molar-refractivity contribution in [3.05, 3.63) is 15.4 Å². The Hall–Kier alpha value is -1.34. The molecule has 0 aliphatic rings. The average molecular weight is 269 g/mol. The second kappa shape index (κ2) is 4.89. The molecule has 17 heavy (non-hydrogen) atoms. The zero-order chi connectivity index (χ0) is 12.4. The van der Waals surface area contributed by atoms with Crippen molar-refractivity contribution in [1.29, 1.82) is 0 Å². The number of ether oxygens (including phenoxy) is 1. The van der Waals surface area contributed by atoms with E-state index in [2.05, 4.69) is 33.8 Å². The molecule has 0 aliphatic carbocycles. The number of hydrogen-bond acceptors (Lipinski definition) is 7. The number of aromatic nitrogens is 3. The predicted octanol–water partition coefficient (Wildman–Crippen LogP) is 2.57. The van der Waals surface area contributed by atoms with Crippen molar-refractivity contribution in [3.63, 3.8) is 0 Å². The summed E-state index contributed by atoms with van der Waals surface area (Å²) in [6.45, 7) is 4.17. The van der Waals surface area contributed by atoms with Gasteiger partial charge in [-0.3, -0.25) is 0 Å². The Morgan fingerprint density at radius 2 is 2.18 bits per heavy atom. The molecular formula is C10H11N3O2S2. The number of rotatable bonds is 3. The van der Waals surface area contributed by atoms with Crippen LogP contribution >= 0.6 is 22.7 Å². The zero-order valence-electron chi connectivity index (χ0n) is 9.63. The highest BCUT2D eigenvalue weighted by Gasteiger charge is 2.16. The lowest BCUT2D eigenvalue weighted by Crippen LogP contribution is -1.99. The van der Waals surface area contributed by atoms with Gasteiger partial charge in [-0.1, -0.05) is 25.2 Å². The minimum Gasteiger partial charge on any atom is -0.464 e. The summed E-state index contributed by atoms with van der Waals surface area (Å²) in [4.78, 5) is 15.7. The zero-order valence-corrected chi connectivity index (χ0v) is 11.3. The van der Waals surface area contributed by atoms with Gasteiger partial charge in [0, 0.05) is 11.3 Å². The smallest absolute Gasteiger partial charge is 0.369 e. The maximum absolute atomic E-state index is 11.2. The summed E-state index contributed by atoms with van der Waals surface area (Å²) in [6, 6.07) is 0. The highest BCUT2D eigenvalue weighted by molar-refractivity contribution is 7.17. The molecule has 0 bridgehead atoms. The van der Waals surface area contributed by atoms with Crippen LogP contribution in [0.4, 0.5) is 0 Å². The largest absolute Gasteiger partial charge is 0.464 e. The van der Waals surface area contributed by atoms with Crippen LogP contribution in [0.3, 0.4) is 0 Å². The number of esters is 1. The molecule has 0 spiro atoms. The molecule has 0 atom stereocenters. The summed E-state index contributed by atoms with van der Waals surface area (Å²) in [6.07, 6.45) is 0. The van der Waals surface area contributed by atoms with Crippen molar-refractivity contribution in [2.24, 2.45) is 0 Å². The van der Waals surface area contributed by atoms with Crippen LogP contribution in [0.15, 0.2) is 5.38 Å². The van der Waals surface area contributed by atoms with Crippen LogP contribution in [0, 0.1) is 0 Å². The summed E-state index contributed by atoms with van der Waals surface area (Å²) >= 11 is 2.78. The lowest BCUT2D eigenvalue weighted by Gasteiger charge is -1.95. The van der Waals surface area contributed by atoms with Gasteiger partial charge < -0.3 is 4.74 Å². The van der Waals surface area contributed by atoms with Crippen LogP contribution < -0.4 is 0 Å². The first-order chi connectivity index (χ1) is 8.11. The molecule has 0 aromatic carbocycles. The van der Waals surface area contributed by atoms with Crippen LogP contribution in [0.1, 0.15) is 34.6 Å². The number of carbonyl (C=O) groups excluding carboxylic acids is 1. The fraction of sp³-hybridized carbons (Fsp3) is 0.400. The molecule has 0 amide bonds. The SMILES string of the molecule is COC(=O)c1nnc(-c2csc(C(C)C)n2)s1. The normalized spacial score (nSPS) is 10.8. The Kier molecular flexibility index (Phi) is 3.49. The first-order valence-corrected chi connectivity index (χ1v) is 6.69. The van der Waals surface area contributed by atoms with Gasteiger partial charge in [0.1, 0.15) is 5.69 Å². The molecule has 90 valence electrons. The molecule has 7 heteroatoms. The van der Waals surface area contributed by atoms with Gasteiger partial charge in [0.25, 0.3) is 0 Å². The quantitative estimate of drug-likeness (QED) is 0.801. The minimum atomic E-state index is -0.465. The number of hydrogen-bond donors (Lipinski definition) is 0. The van der Waals surface area contributed by atoms with Crippen molar-refractivity contribution in [3.8, 4) is 10.7 Å². The van der Waals surface area contributed by atoms with Gasteiger partial charge in [0.05, 0.1) is 12.1 Å². The van der Waals surface area contributed by atoms with E-state index >= 15 is 0 Å². The highest BCUT2D eigenvalue weighted by Crippen LogP contribution is 2.28. The van der Waals surface area contributed by atoms with Gasteiger partial charge in [-0.2, -0.15) is 0 Å². The van der Waals surface area contributed by atoms with Gasteiger partial charge in [0.2, 0.25) is 5.01 Å². The third kappa shape index (κ3) is 2.50.